The fourth-order valence-electron chi connectivity index (χ4n) is 1.87. The minimum atomic E-state index is -0.481. The summed E-state index contributed by atoms with van der Waals surface area (Å²) in [5.74, 6) is -0.00190. The number of pyridine rings is 1. The minimum Gasteiger partial charge on any atom is -0.383 e. The van der Waals surface area contributed by atoms with Gasteiger partial charge in [0.1, 0.15) is 23.0 Å². The predicted molar refractivity (Wildman–Crippen MR) is 70.0 cm³/mol. The fourth-order valence-corrected chi connectivity index (χ4v) is 1.99. The Kier molecular flexibility index (Phi) is 2.45. The molecule has 0 saturated carbocycles. The third-order valence-corrected chi connectivity index (χ3v) is 3.07. The molecule has 2 aromatic heterocycles. The molecular weight excluding hydrogens is 253 g/mol. The third-order valence-electron chi connectivity index (χ3n) is 2.76. The second kappa shape index (κ2) is 3.99. The standard InChI is InChI=1S/C13H9ClFN3/c14-9-5-4-8(7-10(9)15)12-13(16)18-6-2-1-3-11(18)17-12/h1-7H,16H2. The van der Waals surface area contributed by atoms with Crippen LogP contribution >= 0.6 is 11.6 Å². The number of hydrogen-bond acceptors (Lipinski definition) is 2. The van der Waals surface area contributed by atoms with Crippen molar-refractivity contribution in [3.8, 4) is 11.3 Å². The van der Waals surface area contributed by atoms with Crippen LogP contribution in [-0.2, 0) is 0 Å². The summed E-state index contributed by atoms with van der Waals surface area (Å²) in [5, 5.41) is 0.0843. The molecule has 0 bridgehead atoms. The quantitative estimate of drug-likeness (QED) is 0.730. The molecular formula is C13H9ClFN3. The number of aromatic nitrogens is 2. The molecule has 0 atom stereocenters. The highest BCUT2D eigenvalue weighted by atomic mass is 35.5. The van der Waals surface area contributed by atoms with Gasteiger partial charge in [0, 0.05) is 11.8 Å². The molecule has 2 heterocycles. The van der Waals surface area contributed by atoms with E-state index in [1.165, 1.54) is 12.1 Å². The number of imidazole rings is 1. The highest BCUT2D eigenvalue weighted by molar-refractivity contribution is 6.30. The van der Waals surface area contributed by atoms with Gasteiger partial charge < -0.3 is 5.73 Å². The topological polar surface area (TPSA) is 43.3 Å². The van der Waals surface area contributed by atoms with E-state index >= 15 is 0 Å². The maximum atomic E-state index is 13.4. The number of anilines is 1. The van der Waals surface area contributed by atoms with Gasteiger partial charge >= 0.3 is 0 Å². The van der Waals surface area contributed by atoms with E-state index in [0.29, 0.717) is 17.1 Å². The molecule has 1 aromatic carbocycles. The first-order valence-electron chi connectivity index (χ1n) is 5.35. The zero-order valence-electron chi connectivity index (χ0n) is 9.27. The van der Waals surface area contributed by atoms with Gasteiger partial charge in [-0.05, 0) is 24.3 Å². The van der Waals surface area contributed by atoms with Gasteiger partial charge in [0.25, 0.3) is 0 Å². The number of halogens is 2. The average molecular weight is 262 g/mol. The van der Waals surface area contributed by atoms with Crippen LogP contribution < -0.4 is 5.73 Å². The Morgan fingerprint density at radius 2 is 2.06 bits per heavy atom. The van der Waals surface area contributed by atoms with Crippen LogP contribution in [0.25, 0.3) is 16.9 Å². The largest absolute Gasteiger partial charge is 0.383 e. The Labute approximate surface area is 108 Å². The highest BCUT2D eigenvalue weighted by Gasteiger charge is 2.12. The number of hydrogen-bond donors (Lipinski definition) is 1. The lowest BCUT2D eigenvalue weighted by Crippen LogP contribution is -1.93. The molecule has 18 heavy (non-hydrogen) atoms. The molecule has 3 rings (SSSR count). The average Bonchev–Trinajstić information content (AvgIpc) is 2.71. The lowest BCUT2D eigenvalue weighted by molar-refractivity contribution is 0.629. The first kappa shape index (κ1) is 11.0. The van der Waals surface area contributed by atoms with Crippen molar-refractivity contribution in [3.05, 3.63) is 53.4 Å². The van der Waals surface area contributed by atoms with Gasteiger partial charge in [0.15, 0.2) is 0 Å². The molecule has 0 aliphatic rings. The van der Waals surface area contributed by atoms with Crippen LogP contribution in [0.1, 0.15) is 0 Å². The van der Waals surface area contributed by atoms with Gasteiger partial charge in [-0.2, -0.15) is 0 Å². The Balaban J connectivity index is 2.25. The molecule has 0 aliphatic carbocycles. The number of nitrogens with two attached hydrogens (primary N) is 1. The smallest absolute Gasteiger partial charge is 0.142 e. The summed E-state index contributed by atoms with van der Waals surface area (Å²) in [5.41, 5.74) is 7.89. The SMILES string of the molecule is Nc1c(-c2ccc(Cl)c(F)c2)nc2ccccn12. The van der Waals surface area contributed by atoms with Crippen LogP contribution in [0.5, 0.6) is 0 Å². The van der Waals surface area contributed by atoms with Crippen molar-refractivity contribution in [2.24, 2.45) is 0 Å². The van der Waals surface area contributed by atoms with Gasteiger partial charge in [-0.25, -0.2) is 9.37 Å². The summed E-state index contributed by atoms with van der Waals surface area (Å²) in [6.45, 7) is 0. The van der Waals surface area contributed by atoms with E-state index in [9.17, 15) is 4.39 Å². The summed E-state index contributed by atoms with van der Waals surface area (Å²) in [6, 6.07) is 10.1. The molecule has 0 radical (unpaired) electrons. The Morgan fingerprint density at radius 1 is 1.22 bits per heavy atom. The Hall–Kier alpha value is -2.07. The van der Waals surface area contributed by atoms with Crippen molar-refractivity contribution in [1.29, 1.82) is 0 Å². The molecule has 0 saturated heterocycles. The van der Waals surface area contributed by atoms with Crippen LogP contribution in [0, 0.1) is 5.82 Å². The lowest BCUT2D eigenvalue weighted by Gasteiger charge is -2.00. The predicted octanol–water partition coefficient (Wildman–Crippen LogP) is 3.38. The van der Waals surface area contributed by atoms with Crippen LogP contribution in [0.2, 0.25) is 5.02 Å². The molecule has 0 amide bonds. The molecule has 2 N–H and O–H groups in total. The number of nitrogen functional groups attached to an aromatic ring is 1. The minimum absolute atomic E-state index is 0.0843. The second-order valence-corrected chi connectivity index (χ2v) is 4.31. The van der Waals surface area contributed by atoms with E-state index in [1.54, 1.807) is 10.5 Å². The van der Waals surface area contributed by atoms with E-state index in [1.807, 2.05) is 24.4 Å². The zero-order valence-corrected chi connectivity index (χ0v) is 10.0. The van der Waals surface area contributed by atoms with Gasteiger partial charge in [-0.15, -0.1) is 0 Å². The summed E-state index contributed by atoms with van der Waals surface area (Å²) in [7, 11) is 0. The zero-order chi connectivity index (χ0) is 12.7. The van der Waals surface area contributed by atoms with E-state index in [-0.39, 0.29) is 5.02 Å². The van der Waals surface area contributed by atoms with Gasteiger partial charge in [0.2, 0.25) is 0 Å². The van der Waals surface area contributed by atoms with Crippen molar-refractivity contribution in [2.45, 2.75) is 0 Å². The van der Waals surface area contributed by atoms with Crippen LogP contribution in [0.15, 0.2) is 42.6 Å². The van der Waals surface area contributed by atoms with Gasteiger partial charge in [-0.3, -0.25) is 4.40 Å². The molecule has 0 fully saturated rings. The Bertz CT molecular complexity index is 736. The summed E-state index contributed by atoms with van der Waals surface area (Å²) in [4.78, 5) is 4.38. The molecule has 0 aliphatic heterocycles. The number of fused-ring (bicyclic) bond motifs is 1. The first-order chi connectivity index (χ1) is 8.66. The van der Waals surface area contributed by atoms with Gasteiger partial charge in [0.05, 0.1) is 5.02 Å². The summed E-state index contributed by atoms with van der Waals surface area (Å²) < 4.78 is 15.2. The third kappa shape index (κ3) is 1.62. The summed E-state index contributed by atoms with van der Waals surface area (Å²) in [6.07, 6.45) is 1.81. The molecule has 3 nitrogen and oxygen atoms in total. The van der Waals surface area contributed by atoms with E-state index in [4.69, 9.17) is 17.3 Å². The van der Waals surface area contributed by atoms with Crippen molar-refractivity contribution in [3.63, 3.8) is 0 Å². The number of nitrogens with zero attached hydrogens (tertiary/aromatic N) is 2. The molecule has 3 aromatic rings. The van der Waals surface area contributed by atoms with Gasteiger partial charge in [-0.1, -0.05) is 23.7 Å². The Morgan fingerprint density at radius 3 is 2.78 bits per heavy atom. The second-order valence-electron chi connectivity index (χ2n) is 3.90. The van der Waals surface area contributed by atoms with Crippen LogP contribution in [-0.4, -0.2) is 9.38 Å². The molecule has 0 unspecified atom stereocenters. The molecule has 0 spiro atoms. The molecule has 5 heteroatoms. The number of rotatable bonds is 1. The molecule has 90 valence electrons. The fraction of sp³-hybridized carbons (Fsp3) is 0. The lowest BCUT2D eigenvalue weighted by atomic mass is 10.1. The summed E-state index contributed by atoms with van der Waals surface area (Å²) >= 11 is 5.65. The van der Waals surface area contributed by atoms with Crippen LogP contribution in [0.4, 0.5) is 10.2 Å². The number of benzene rings is 1. The first-order valence-corrected chi connectivity index (χ1v) is 5.72. The van der Waals surface area contributed by atoms with Crippen molar-refractivity contribution < 1.29 is 4.39 Å². The van der Waals surface area contributed by atoms with E-state index in [2.05, 4.69) is 4.98 Å². The van der Waals surface area contributed by atoms with E-state index < -0.39 is 5.82 Å². The van der Waals surface area contributed by atoms with E-state index in [0.717, 1.165) is 5.65 Å². The van der Waals surface area contributed by atoms with Crippen molar-refractivity contribution in [2.75, 3.05) is 5.73 Å². The van der Waals surface area contributed by atoms with Crippen molar-refractivity contribution in [1.82, 2.24) is 9.38 Å². The maximum Gasteiger partial charge on any atom is 0.142 e. The maximum absolute atomic E-state index is 13.4. The monoisotopic (exact) mass is 261 g/mol. The highest BCUT2D eigenvalue weighted by Crippen LogP contribution is 2.28. The van der Waals surface area contributed by atoms with Crippen LogP contribution in [0.3, 0.4) is 0 Å². The van der Waals surface area contributed by atoms with Crippen molar-refractivity contribution >= 4 is 23.1 Å². The normalized spacial score (nSPS) is 11.0.